The second-order valence-corrected chi connectivity index (χ2v) is 4.04. The van der Waals surface area contributed by atoms with Gasteiger partial charge >= 0.3 is 0 Å². The van der Waals surface area contributed by atoms with Crippen molar-refractivity contribution in [1.82, 2.24) is 5.32 Å². The van der Waals surface area contributed by atoms with Crippen molar-refractivity contribution in [2.45, 2.75) is 44.1 Å². The number of nitrogens with one attached hydrogen (secondary N) is 1. The molecule has 78 valence electrons. The molecule has 0 saturated carbocycles. The van der Waals surface area contributed by atoms with Crippen LogP contribution in [0.2, 0.25) is 0 Å². The van der Waals surface area contributed by atoms with Gasteiger partial charge in [-0.05, 0) is 39.3 Å². The Morgan fingerprint density at radius 2 is 1.92 bits per heavy atom. The summed E-state index contributed by atoms with van der Waals surface area (Å²) in [7, 11) is 0. The molecule has 0 spiro atoms. The third kappa shape index (κ3) is 4.00. The van der Waals surface area contributed by atoms with E-state index in [1.54, 1.807) is 0 Å². The van der Waals surface area contributed by atoms with Gasteiger partial charge in [0.2, 0.25) is 5.92 Å². The van der Waals surface area contributed by atoms with Gasteiger partial charge in [0, 0.05) is 6.42 Å². The molecule has 2 N–H and O–H groups in total. The molecule has 0 aromatic heterocycles. The molecule has 1 heterocycles. The monoisotopic (exact) mass is 193 g/mol. The zero-order valence-corrected chi connectivity index (χ0v) is 7.95. The van der Waals surface area contributed by atoms with E-state index in [1.165, 1.54) is 0 Å². The average molecular weight is 193 g/mol. The first kappa shape index (κ1) is 10.9. The van der Waals surface area contributed by atoms with Gasteiger partial charge < -0.3 is 10.4 Å². The summed E-state index contributed by atoms with van der Waals surface area (Å²) in [6.45, 7) is 2.36. The van der Waals surface area contributed by atoms with Crippen LogP contribution < -0.4 is 5.32 Å². The summed E-state index contributed by atoms with van der Waals surface area (Å²) in [6, 6.07) is 0. The van der Waals surface area contributed by atoms with Crippen LogP contribution in [-0.2, 0) is 0 Å². The molecule has 1 rings (SSSR count). The summed E-state index contributed by atoms with van der Waals surface area (Å²) in [5.74, 6) is -2.65. The lowest BCUT2D eigenvalue weighted by Gasteiger charge is -2.33. The first-order chi connectivity index (χ1) is 5.91. The summed E-state index contributed by atoms with van der Waals surface area (Å²) in [5, 5.41) is 13.0. The predicted octanol–water partition coefficient (Wildman–Crippen LogP) is 1.54. The van der Waals surface area contributed by atoms with E-state index in [0.29, 0.717) is 12.8 Å². The van der Waals surface area contributed by atoms with E-state index in [0.717, 1.165) is 20.0 Å². The van der Waals surface area contributed by atoms with Crippen LogP contribution in [0.3, 0.4) is 0 Å². The Morgan fingerprint density at radius 3 is 2.38 bits per heavy atom. The minimum atomic E-state index is -2.65. The van der Waals surface area contributed by atoms with E-state index < -0.39 is 11.5 Å². The van der Waals surface area contributed by atoms with Crippen molar-refractivity contribution in [1.29, 1.82) is 0 Å². The van der Waals surface area contributed by atoms with E-state index >= 15 is 0 Å². The van der Waals surface area contributed by atoms with Crippen molar-refractivity contribution >= 4 is 0 Å². The number of piperidine rings is 1. The number of rotatable bonds is 3. The molecular formula is C9H17F2NO. The highest BCUT2D eigenvalue weighted by Crippen LogP contribution is 2.29. The number of halogens is 2. The van der Waals surface area contributed by atoms with Crippen molar-refractivity contribution in [3.05, 3.63) is 0 Å². The van der Waals surface area contributed by atoms with Crippen LogP contribution in [0.4, 0.5) is 8.78 Å². The van der Waals surface area contributed by atoms with E-state index in [-0.39, 0.29) is 12.8 Å². The largest absolute Gasteiger partial charge is 0.390 e. The standard InChI is InChI=1S/C9H17F2NO/c1-8(10,11)2-3-9(13)4-6-12-7-5-9/h12-13H,2-7H2,1H3. The Bertz CT molecular complexity index is 161. The maximum absolute atomic E-state index is 12.5. The van der Waals surface area contributed by atoms with Crippen LogP contribution in [0.5, 0.6) is 0 Å². The molecular weight excluding hydrogens is 176 g/mol. The molecule has 0 bridgehead atoms. The summed E-state index contributed by atoms with van der Waals surface area (Å²) >= 11 is 0. The Hall–Kier alpha value is -0.220. The molecule has 1 aliphatic heterocycles. The Labute approximate surface area is 77.3 Å². The lowest BCUT2D eigenvalue weighted by atomic mass is 9.87. The van der Waals surface area contributed by atoms with E-state index in [9.17, 15) is 13.9 Å². The Kier molecular flexibility index (Phi) is 3.24. The van der Waals surface area contributed by atoms with Gasteiger partial charge in [0.15, 0.2) is 0 Å². The molecule has 0 radical (unpaired) electrons. The van der Waals surface area contributed by atoms with Crippen LogP contribution in [0.25, 0.3) is 0 Å². The zero-order chi connectivity index (χ0) is 9.95. The number of hydrogen-bond acceptors (Lipinski definition) is 2. The smallest absolute Gasteiger partial charge is 0.245 e. The summed E-state index contributed by atoms with van der Waals surface area (Å²) in [6.07, 6.45) is 1.16. The lowest BCUT2D eigenvalue weighted by Crippen LogP contribution is -2.42. The summed E-state index contributed by atoms with van der Waals surface area (Å²) < 4.78 is 25.0. The van der Waals surface area contributed by atoms with Crippen molar-refractivity contribution in [2.75, 3.05) is 13.1 Å². The maximum atomic E-state index is 12.5. The zero-order valence-electron chi connectivity index (χ0n) is 7.95. The van der Waals surface area contributed by atoms with Crippen LogP contribution in [0.1, 0.15) is 32.6 Å². The van der Waals surface area contributed by atoms with Gasteiger partial charge in [-0.25, -0.2) is 8.78 Å². The van der Waals surface area contributed by atoms with Gasteiger partial charge in [-0.15, -0.1) is 0 Å². The molecule has 1 fully saturated rings. The molecule has 1 saturated heterocycles. The van der Waals surface area contributed by atoms with E-state index in [1.807, 2.05) is 0 Å². The van der Waals surface area contributed by atoms with Crippen LogP contribution in [0, 0.1) is 0 Å². The minimum Gasteiger partial charge on any atom is -0.390 e. The molecule has 0 aromatic rings. The molecule has 0 aromatic carbocycles. The normalized spacial score (nSPS) is 23.1. The van der Waals surface area contributed by atoms with Crippen molar-refractivity contribution in [3.63, 3.8) is 0 Å². The van der Waals surface area contributed by atoms with Gasteiger partial charge in [0.25, 0.3) is 0 Å². The highest BCUT2D eigenvalue weighted by atomic mass is 19.3. The van der Waals surface area contributed by atoms with Crippen LogP contribution in [-0.4, -0.2) is 29.7 Å². The fraction of sp³-hybridized carbons (Fsp3) is 1.00. The minimum absolute atomic E-state index is 0.207. The molecule has 1 aliphatic rings. The number of aliphatic hydroxyl groups is 1. The highest BCUT2D eigenvalue weighted by molar-refractivity contribution is 4.85. The first-order valence-electron chi connectivity index (χ1n) is 4.72. The predicted molar refractivity (Wildman–Crippen MR) is 46.9 cm³/mol. The fourth-order valence-corrected chi connectivity index (χ4v) is 1.59. The maximum Gasteiger partial charge on any atom is 0.245 e. The van der Waals surface area contributed by atoms with Crippen molar-refractivity contribution in [2.24, 2.45) is 0 Å². The molecule has 4 heteroatoms. The topological polar surface area (TPSA) is 32.3 Å². The number of alkyl halides is 2. The molecule has 2 nitrogen and oxygen atoms in total. The van der Waals surface area contributed by atoms with Crippen molar-refractivity contribution < 1.29 is 13.9 Å². The second kappa shape index (κ2) is 3.88. The molecule has 0 aliphatic carbocycles. The Balaban J connectivity index is 2.33. The molecule has 0 unspecified atom stereocenters. The SMILES string of the molecule is CC(F)(F)CCC1(O)CCNCC1. The molecule has 0 atom stereocenters. The lowest BCUT2D eigenvalue weighted by molar-refractivity contribution is -0.0453. The van der Waals surface area contributed by atoms with E-state index in [4.69, 9.17) is 0 Å². The van der Waals surface area contributed by atoms with Crippen LogP contribution in [0.15, 0.2) is 0 Å². The quantitative estimate of drug-likeness (QED) is 0.712. The average Bonchev–Trinajstić information content (AvgIpc) is 2.02. The molecule has 0 amide bonds. The van der Waals surface area contributed by atoms with Crippen LogP contribution >= 0.6 is 0 Å². The van der Waals surface area contributed by atoms with Gasteiger partial charge in [-0.1, -0.05) is 0 Å². The third-order valence-electron chi connectivity index (χ3n) is 2.56. The van der Waals surface area contributed by atoms with Gasteiger partial charge in [0.1, 0.15) is 0 Å². The summed E-state index contributed by atoms with van der Waals surface area (Å²) in [5.41, 5.74) is -0.856. The molecule has 13 heavy (non-hydrogen) atoms. The van der Waals surface area contributed by atoms with Gasteiger partial charge in [-0.2, -0.15) is 0 Å². The second-order valence-electron chi connectivity index (χ2n) is 4.04. The highest BCUT2D eigenvalue weighted by Gasteiger charge is 2.32. The van der Waals surface area contributed by atoms with Gasteiger partial charge in [-0.3, -0.25) is 0 Å². The van der Waals surface area contributed by atoms with E-state index in [2.05, 4.69) is 5.32 Å². The Morgan fingerprint density at radius 1 is 1.38 bits per heavy atom. The summed E-state index contributed by atoms with van der Waals surface area (Å²) in [4.78, 5) is 0. The first-order valence-corrected chi connectivity index (χ1v) is 4.72. The van der Waals surface area contributed by atoms with Crippen molar-refractivity contribution in [3.8, 4) is 0 Å². The number of hydrogen-bond donors (Lipinski definition) is 2. The van der Waals surface area contributed by atoms with Gasteiger partial charge in [0.05, 0.1) is 5.60 Å². The third-order valence-corrected chi connectivity index (χ3v) is 2.56. The fourth-order valence-electron chi connectivity index (χ4n) is 1.59.